The van der Waals surface area contributed by atoms with Crippen molar-refractivity contribution in [3.8, 4) is 11.5 Å². The Morgan fingerprint density at radius 3 is 2.63 bits per heavy atom. The maximum atomic E-state index is 12.8. The largest absolute Gasteiger partial charge is 0.496 e. The second-order valence-electron chi connectivity index (χ2n) is 6.41. The van der Waals surface area contributed by atoms with E-state index >= 15 is 0 Å². The number of ether oxygens (including phenoxy) is 2. The third-order valence-electron chi connectivity index (χ3n) is 4.47. The average Bonchev–Trinajstić information content (AvgIpc) is 2.77. The van der Waals surface area contributed by atoms with Crippen LogP contribution in [0.25, 0.3) is 6.08 Å². The van der Waals surface area contributed by atoms with Crippen molar-refractivity contribution in [3.63, 3.8) is 0 Å². The number of carbonyl (C=O) groups excluding carboxylic acids is 1. The molecule has 30 heavy (non-hydrogen) atoms. The van der Waals surface area contributed by atoms with Crippen LogP contribution in [0.1, 0.15) is 21.5 Å². The Morgan fingerprint density at radius 1 is 1.13 bits per heavy atom. The molecule has 1 heterocycles. The topological polar surface area (TPSA) is 107 Å². The Balaban J connectivity index is 1.82. The van der Waals surface area contributed by atoms with Crippen molar-refractivity contribution in [1.82, 2.24) is 4.98 Å². The Hall–Kier alpha value is -3.84. The average molecular weight is 405 g/mol. The van der Waals surface area contributed by atoms with Crippen molar-refractivity contribution in [2.24, 2.45) is 0 Å². The second kappa shape index (κ2) is 9.58. The summed E-state index contributed by atoms with van der Waals surface area (Å²) < 4.78 is 10.4. The molecule has 7 nitrogen and oxygen atoms in total. The molecule has 3 aromatic rings. The summed E-state index contributed by atoms with van der Waals surface area (Å²) in [4.78, 5) is 17.1. The summed E-state index contributed by atoms with van der Waals surface area (Å²) in [5.41, 5.74) is 8.96. The van der Waals surface area contributed by atoms with Crippen LogP contribution >= 0.6 is 0 Å². The molecule has 0 saturated heterocycles. The van der Waals surface area contributed by atoms with E-state index in [1.54, 1.807) is 61.8 Å². The van der Waals surface area contributed by atoms with E-state index in [9.17, 15) is 9.90 Å². The van der Waals surface area contributed by atoms with E-state index in [1.165, 1.54) is 13.2 Å². The molecule has 0 unspecified atom stereocenters. The summed E-state index contributed by atoms with van der Waals surface area (Å²) in [6.45, 7) is -0.128. The minimum Gasteiger partial charge on any atom is -0.496 e. The number of aliphatic hydroxyl groups is 1. The number of nitrogens with one attached hydrogen (secondary N) is 1. The van der Waals surface area contributed by atoms with Gasteiger partial charge in [-0.05, 0) is 42.0 Å². The van der Waals surface area contributed by atoms with Gasteiger partial charge in [0, 0.05) is 23.5 Å². The van der Waals surface area contributed by atoms with Crippen LogP contribution in [0.2, 0.25) is 0 Å². The molecule has 3 rings (SSSR count). The van der Waals surface area contributed by atoms with Gasteiger partial charge in [-0.15, -0.1) is 0 Å². The van der Waals surface area contributed by atoms with Crippen LogP contribution in [0.5, 0.6) is 11.5 Å². The van der Waals surface area contributed by atoms with Crippen molar-refractivity contribution in [3.05, 3.63) is 77.5 Å². The Morgan fingerprint density at radius 2 is 1.93 bits per heavy atom. The highest BCUT2D eigenvalue weighted by Crippen LogP contribution is 2.27. The zero-order chi connectivity index (χ0) is 21.5. The van der Waals surface area contributed by atoms with E-state index in [2.05, 4.69) is 10.3 Å². The number of anilines is 3. The van der Waals surface area contributed by atoms with Crippen molar-refractivity contribution in [2.45, 2.75) is 6.61 Å². The molecule has 1 aromatic heterocycles. The number of allylic oxidation sites excluding steroid dienone is 1. The maximum Gasteiger partial charge on any atom is 0.189 e. The third-order valence-corrected chi connectivity index (χ3v) is 4.47. The van der Waals surface area contributed by atoms with Gasteiger partial charge in [0.2, 0.25) is 0 Å². The zero-order valence-corrected chi connectivity index (χ0v) is 16.8. The zero-order valence-electron chi connectivity index (χ0n) is 16.8. The molecule has 0 fully saturated rings. The summed E-state index contributed by atoms with van der Waals surface area (Å²) in [5.74, 6) is 1.34. The van der Waals surface area contributed by atoms with E-state index in [1.807, 2.05) is 6.07 Å². The summed E-state index contributed by atoms with van der Waals surface area (Å²) in [6, 6.07) is 14.0. The first-order valence-electron chi connectivity index (χ1n) is 9.21. The number of hydrogen-bond acceptors (Lipinski definition) is 7. The lowest BCUT2D eigenvalue weighted by atomic mass is 10.1. The van der Waals surface area contributed by atoms with Gasteiger partial charge < -0.3 is 25.6 Å². The number of aliphatic hydroxyl groups excluding tert-OH is 1. The van der Waals surface area contributed by atoms with E-state index in [4.69, 9.17) is 15.2 Å². The number of aromatic nitrogens is 1. The van der Waals surface area contributed by atoms with Gasteiger partial charge in [0.05, 0.1) is 32.1 Å². The highest BCUT2D eigenvalue weighted by molar-refractivity contribution is 6.10. The van der Waals surface area contributed by atoms with Crippen molar-refractivity contribution in [2.75, 3.05) is 25.3 Å². The monoisotopic (exact) mass is 405 g/mol. The minimum atomic E-state index is -0.209. The Kier molecular flexibility index (Phi) is 6.67. The normalized spacial score (nSPS) is 10.8. The molecule has 0 bridgehead atoms. The molecule has 0 aliphatic rings. The lowest BCUT2D eigenvalue weighted by Crippen LogP contribution is -2.04. The molecule has 154 valence electrons. The smallest absolute Gasteiger partial charge is 0.189 e. The Labute approximate surface area is 174 Å². The van der Waals surface area contributed by atoms with E-state index < -0.39 is 0 Å². The molecule has 0 spiro atoms. The first-order chi connectivity index (χ1) is 14.5. The molecule has 0 atom stereocenters. The van der Waals surface area contributed by atoms with Crippen LogP contribution in [0.3, 0.4) is 0 Å². The quantitative estimate of drug-likeness (QED) is 0.297. The number of benzene rings is 2. The minimum absolute atomic E-state index is 0.128. The number of hydrogen-bond donors (Lipinski definition) is 3. The summed E-state index contributed by atoms with van der Waals surface area (Å²) in [7, 11) is 3.08. The highest BCUT2D eigenvalue weighted by Gasteiger charge is 2.11. The molecule has 0 saturated carbocycles. The number of nitrogens with two attached hydrogens (primary N) is 1. The second-order valence-corrected chi connectivity index (χ2v) is 6.41. The van der Waals surface area contributed by atoms with Gasteiger partial charge in [0.25, 0.3) is 0 Å². The van der Waals surface area contributed by atoms with Gasteiger partial charge in [0.1, 0.15) is 17.3 Å². The molecule has 7 heteroatoms. The molecule has 0 aliphatic carbocycles. The predicted molar refractivity (Wildman–Crippen MR) is 117 cm³/mol. The maximum absolute atomic E-state index is 12.8. The molecular formula is C23H23N3O4. The van der Waals surface area contributed by atoms with Crippen LogP contribution in [-0.4, -0.2) is 30.1 Å². The van der Waals surface area contributed by atoms with Crippen LogP contribution in [-0.2, 0) is 6.61 Å². The van der Waals surface area contributed by atoms with E-state index in [0.29, 0.717) is 39.8 Å². The fraction of sp³-hybridized carbons (Fsp3) is 0.130. The molecule has 0 radical (unpaired) electrons. The Bertz CT molecular complexity index is 1080. The third kappa shape index (κ3) is 4.76. The SMILES string of the molecule is COc1ccc(C=CC(=O)c2cccnc2Nc2ccc(CO)c(OC)c2)cc1N. The molecule has 2 aromatic carbocycles. The molecular weight excluding hydrogens is 382 g/mol. The first-order valence-corrected chi connectivity index (χ1v) is 9.21. The number of rotatable bonds is 8. The predicted octanol–water partition coefficient (Wildman–Crippen LogP) is 3.81. The van der Waals surface area contributed by atoms with Crippen LogP contribution in [0, 0.1) is 0 Å². The number of methoxy groups -OCH3 is 2. The van der Waals surface area contributed by atoms with Crippen LogP contribution < -0.4 is 20.5 Å². The first kappa shape index (κ1) is 20.9. The van der Waals surface area contributed by atoms with Crippen molar-refractivity contribution in [1.29, 1.82) is 0 Å². The van der Waals surface area contributed by atoms with Gasteiger partial charge in [-0.1, -0.05) is 18.2 Å². The number of nitrogen functional groups attached to an aromatic ring is 1. The highest BCUT2D eigenvalue weighted by atomic mass is 16.5. The summed E-state index contributed by atoms with van der Waals surface area (Å²) >= 11 is 0. The van der Waals surface area contributed by atoms with Gasteiger partial charge in [-0.3, -0.25) is 4.79 Å². The summed E-state index contributed by atoms with van der Waals surface area (Å²) in [5, 5.41) is 12.5. The van der Waals surface area contributed by atoms with E-state index in [0.717, 1.165) is 5.56 Å². The number of nitrogens with zero attached hydrogens (tertiary/aromatic N) is 1. The fourth-order valence-corrected chi connectivity index (χ4v) is 2.91. The number of ketones is 1. The number of pyridine rings is 1. The standard InChI is InChI=1S/C23H23N3O4/c1-29-21-10-6-15(12-19(21)24)5-9-20(28)18-4-3-11-25-23(18)26-17-8-7-16(14-27)22(13-17)30-2/h3-13,27H,14,24H2,1-2H3,(H,25,26). The lowest BCUT2D eigenvalue weighted by molar-refractivity contribution is 0.104. The molecule has 0 amide bonds. The van der Waals surface area contributed by atoms with Gasteiger partial charge in [-0.2, -0.15) is 0 Å². The molecule has 4 N–H and O–H groups in total. The van der Waals surface area contributed by atoms with Gasteiger partial charge >= 0.3 is 0 Å². The van der Waals surface area contributed by atoms with Crippen molar-refractivity contribution >= 4 is 29.1 Å². The van der Waals surface area contributed by atoms with Crippen LogP contribution in [0.15, 0.2) is 60.8 Å². The van der Waals surface area contributed by atoms with Gasteiger partial charge in [-0.25, -0.2) is 4.98 Å². The molecule has 0 aliphatic heterocycles. The fourth-order valence-electron chi connectivity index (χ4n) is 2.91. The van der Waals surface area contributed by atoms with Crippen molar-refractivity contribution < 1.29 is 19.4 Å². The van der Waals surface area contributed by atoms with Crippen LogP contribution in [0.4, 0.5) is 17.2 Å². The van der Waals surface area contributed by atoms with Gasteiger partial charge in [0.15, 0.2) is 5.78 Å². The van der Waals surface area contributed by atoms with E-state index in [-0.39, 0.29) is 12.4 Å². The lowest BCUT2D eigenvalue weighted by Gasteiger charge is -2.12. The number of carbonyl (C=O) groups is 1. The summed E-state index contributed by atoms with van der Waals surface area (Å²) in [6.07, 6.45) is 4.76.